The normalized spacial score (nSPS) is 19.8. The molecule has 7 heteroatoms. The van der Waals surface area contributed by atoms with Gasteiger partial charge in [0.25, 0.3) is 11.8 Å². The number of amides is 4. The highest BCUT2D eigenvalue weighted by atomic mass is 16.2. The Kier molecular flexibility index (Phi) is 5.06. The van der Waals surface area contributed by atoms with Crippen LogP contribution < -0.4 is 10.6 Å². The summed E-state index contributed by atoms with van der Waals surface area (Å²) in [5.74, 6) is -1.30. The summed E-state index contributed by atoms with van der Waals surface area (Å²) in [6.07, 6.45) is 2.41. The third-order valence-electron chi connectivity index (χ3n) is 4.73. The number of piperidine rings is 1. The largest absolute Gasteiger partial charge is 0.385 e. The van der Waals surface area contributed by atoms with E-state index in [9.17, 15) is 19.2 Å². The first kappa shape index (κ1) is 18.1. The predicted molar refractivity (Wildman–Crippen MR) is 95.7 cm³/mol. The van der Waals surface area contributed by atoms with Gasteiger partial charge in [0, 0.05) is 18.7 Å². The maximum atomic E-state index is 12.7. The molecule has 0 radical (unpaired) electrons. The highest BCUT2D eigenvalue weighted by Gasteiger charge is 2.44. The van der Waals surface area contributed by atoms with E-state index < -0.39 is 23.8 Å². The molecule has 0 saturated carbocycles. The number of carbonyl (C=O) groups excluding carboxylic acids is 4. The van der Waals surface area contributed by atoms with Crippen LogP contribution >= 0.6 is 0 Å². The van der Waals surface area contributed by atoms with Crippen LogP contribution in [0.2, 0.25) is 0 Å². The van der Waals surface area contributed by atoms with Gasteiger partial charge >= 0.3 is 0 Å². The lowest BCUT2D eigenvalue weighted by Gasteiger charge is -2.27. The minimum absolute atomic E-state index is 0.118. The van der Waals surface area contributed by atoms with Crippen molar-refractivity contribution in [3.63, 3.8) is 0 Å². The van der Waals surface area contributed by atoms with Crippen LogP contribution in [0.5, 0.6) is 0 Å². The lowest BCUT2D eigenvalue weighted by atomic mass is 10.0. The maximum Gasteiger partial charge on any atom is 0.262 e. The van der Waals surface area contributed by atoms with Crippen LogP contribution in [0.25, 0.3) is 0 Å². The van der Waals surface area contributed by atoms with Gasteiger partial charge in [0.1, 0.15) is 6.04 Å². The van der Waals surface area contributed by atoms with Crippen LogP contribution in [-0.2, 0) is 9.59 Å². The van der Waals surface area contributed by atoms with E-state index >= 15 is 0 Å². The standard InChI is InChI=1S/C19H23N3O4/c1-11(2)4-3-9-20-12-5-6-13-14(10-12)19(26)22(18(13)25)15-7-8-16(23)21-17(15)24/h5-6,10-11,15,20H,3-4,7-9H2,1-2H3,(H,21,23,24). The molecule has 1 atom stereocenters. The summed E-state index contributed by atoms with van der Waals surface area (Å²) in [6.45, 7) is 5.13. The first-order valence-corrected chi connectivity index (χ1v) is 8.98. The Labute approximate surface area is 152 Å². The molecule has 0 aromatic heterocycles. The average Bonchev–Trinajstić information content (AvgIpc) is 2.83. The Morgan fingerprint density at radius 2 is 1.88 bits per heavy atom. The molecule has 2 aliphatic heterocycles. The Morgan fingerprint density at radius 1 is 1.15 bits per heavy atom. The molecule has 1 fully saturated rings. The van der Waals surface area contributed by atoms with E-state index in [0.29, 0.717) is 17.0 Å². The van der Waals surface area contributed by atoms with Crippen LogP contribution in [0.4, 0.5) is 5.69 Å². The van der Waals surface area contributed by atoms with Gasteiger partial charge in [0.2, 0.25) is 11.8 Å². The minimum atomic E-state index is -0.928. The minimum Gasteiger partial charge on any atom is -0.385 e. The van der Waals surface area contributed by atoms with Crippen molar-refractivity contribution in [3.8, 4) is 0 Å². The highest BCUT2D eigenvalue weighted by Crippen LogP contribution is 2.29. The molecule has 1 saturated heterocycles. The molecular weight excluding hydrogens is 334 g/mol. The van der Waals surface area contributed by atoms with Crippen molar-refractivity contribution in [3.05, 3.63) is 29.3 Å². The Morgan fingerprint density at radius 3 is 2.58 bits per heavy atom. The monoisotopic (exact) mass is 357 g/mol. The van der Waals surface area contributed by atoms with E-state index in [1.807, 2.05) is 0 Å². The first-order valence-electron chi connectivity index (χ1n) is 8.98. The summed E-state index contributed by atoms with van der Waals surface area (Å²) in [5.41, 5.74) is 1.37. The number of nitrogens with zero attached hydrogens (tertiary/aromatic N) is 1. The van der Waals surface area contributed by atoms with E-state index in [1.54, 1.807) is 18.2 Å². The molecule has 1 aromatic rings. The molecule has 26 heavy (non-hydrogen) atoms. The number of imide groups is 2. The van der Waals surface area contributed by atoms with E-state index in [0.717, 1.165) is 30.0 Å². The fourth-order valence-electron chi connectivity index (χ4n) is 3.32. The molecule has 2 aliphatic rings. The molecule has 1 unspecified atom stereocenters. The molecular formula is C19H23N3O4. The number of hydrogen-bond acceptors (Lipinski definition) is 5. The van der Waals surface area contributed by atoms with Gasteiger partial charge in [-0.1, -0.05) is 13.8 Å². The van der Waals surface area contributed by atoms with Gasteiger partial charge in [-0.15, -0.1) is 0 Å². The lowest BCUT2D eigenvalue weighted by Crippen LogP contribution is -2.54. The summed E-state index contributed by atoms with van der Waals surface area (Å²) in [5, 5.41) is 5.46. The second kappa shape index (κ2) is 7.27. The molecule has 0 bridgehead atoms. The SMILES string of the molecule is CC(C)CCCNc1ccc2c(c1)C(=O)N(C1CCC(=O)NC1=O)C2=O. The second-order valence-corrected chi connectivity index (χ2v) is 7.17. The first-order chi connectivity index (χ1) is 12.4. The van der Waals surface area contributed by atoms with E-state index in [1.165, 1.54) is 0 Å². The number of anilines is 1. The van der Waals surface area contributed by atoms with Crippen molar-refractivity contribution in [1.29, 1.82) is 0 Å². The van der Waals surface area contributed by atoms with Crippen LogP contribution in [0, 0.1) is 5.92 Å². The smallest absolute Gasteiger partial charge is 0.262 e. The zero-order valence-electron chi connectivity index (χ0n) is 15.0. The van der Waals surface area contributed by atoms with Gasteiger partial charge in [-0.25, -0.2) is 0 Å². The predicted octanol–water partition coefficient (Wildman–Crippen LogP) is 1.94. The van der Waals surface area contributed by atoms with Crippen molar-refractivity contribution in [2.75, 3.05) is 11.9 Å². The number of fused-ring (bicyclic) bond motifs is 1. The zero-order valence-corrected chi connectivity index (χ0v) is 15.0. The molecule has 138 valence electrons. The summed E-state index contributed by atoms with van der Waals surface area (Å²) >= 11 is 0. The third kappa shape index (κ3) is 3.47. The molecule has 0 aliphatic carbocycles. The molecule has 2 N–H and O–H groups in total. The van der Waals surface area contributed by atoms with E-state index in [2.05, 4.69) is 24.5 Å². The molecule has 2 heterocycles. The van der Waals surface area contributed by atoms with Crippen molar-refractivity contribution in [2.45, 2.75) is 45.6 Å². The fraction of sp³-hybridized carbons (Fsp3) is 0.474. The van der Waals surface area contributed by atoms with Gasteiger partial charge in [-0.3, -0.25) is 29.4 Å². The topological polar surface area (TPSA) is 95.6 Å². The Balaban J connectivity index is 1.73. The molecule has 7 nitrogen and oxygen atoms in total. The zero-order chi connectivity index (χ0) is 18.8. The number of nitrogens with one attached hydrogen (secondary N) is 2. The van der Waals surface area contributed by atoms with E-state index in [-0.39, 0.29) is 18.7 Å². The molecule has 4 amide bonds. The summed E-state index contributed by atoms with van der Waals surface area (Å²) in [6, 6.07) is 4.12. The van der Waals surface area contributed by atoms with Crippen molar-refractivity contribution >= 4 is 29.3 Å². The van der Waals surface area contributed by atoms with Crippen molar-refractivity contribution in [2.24, 2.45) is 5.92 Å². The number of carbonyl (C=O) groups is 4. The molecule has 1 aromatic carbocycles. The molecule has 0 spiro atoms. The van der Waals surface area contributed by atoms with Gasteiger partial charge in [0.15, 0.2) is 0 Å². The molecule has 3 rings (SSSR count). The van der Waals surface area contributed by atoms with Gasteiger partial charge in [0.05, 0.1) is 11.1 Å². The van der Waals surface area contributed by atoms with Crippen molar-refractivity contribution in [1.82, 2.24) is 10.2 Å². The number of rotatable bonds is 6. The summed E-state index contributed by atoms with van der Waals surface area (Å²) in [7, 11) is 0. The Hall–Kier alpha value is -2.70. The average molecular weight is 357 g/mol. The lowest BCUT2D eigenvalue weighted by molar-refractivity contribution is -0.136. The Bertz CT molecular complexity index is 772. The van der Waals surface area contributed by atoms with Crippen LogP contribution in [0.3, 0.4) is 0 Å². The highest BCUT2D eigenvalue weighted by molar-refractivity contribution is 6.23. The van der Waals surface area contributed by atoms with Gasteiger partial charge in [-0.05, 0) is 43.4 Å². The van der Waals surface area contributed by atoms with E-state index in [4.69, 9.17) is 0 Å². The van der Waals surface area contributed by atoms with Gasteiger partial charge in [-0.2, -0.15) is 0 Å². The summed E-state index contributed by atoms with van der Waals surface area (Å²) < 4.78 is 0. The number of benzene rings is 1. The quantitative estimate of drug-likeness (QED) is 0.599. The number of hydrogen-bond donors (Lipinski definition) is 2. The van der Waals surface area contributed by atoms with Crippen LogP contribution in [0.1, 0.15) is 60.2 Å². The summed E-state index contributed by atoms with van der Waals surface area (Å²) in [4.78, 5) is 49.6. The van der Waals surface area contributed by atoms with Crippen LogP contribution in [0.15, 0.2) is 18.2 Å². The second-order valence-electron chi connectivity index (χ2n) is 7.17. The van der Waals surface area contributed by atoms with Gasteiger partial charge < -0.3 is 5.32 Å². The van der Waals surface area contributed by atoms with Crippen LogP contribution in [-0.4, -0.2) is 41.1 Å². The maximum absolute atomic E-state index is 12.7. The fourth-order valence-corrected chi connectivity index (χ4v) is 3.32. The van der Waals surface area contributed by atoms with Crippen molar-refractivity contribution < 1.29 is 19.2 Å². The third-order valence-corrected chi connectivity index (χ3v) is 4.73.